The van der Waals surface area contributed by atoms with Crippen molar-refractivity contribution in [1.29, 1.82) is 0 Å². The van der Waals surface area contributed by atoms with Crippen LogP contribution >= 0.6 is 23.1 Å². The first-order valence-electron chi connectivity index (χ1n) is 5.23. The molecule has 0 spiro atoms. The molecule has 1 nitrogen and oxygen atoms in total. The van der Waals surface area contributed by atoms with Crippen molar-refractivity contribution in [3.05, 3.63) is 52.2 Å². The highest BCUT2D eigenvalue weighted by atomic mass is 32.2. The molecule has 3 heteroatoms. The Morgan fingerprint density at radius 3 is 2.88 bits per heavy atom. The molecule has 0 atom stereocenters. The molecule has 1 N–H and O–H groups in total. The average Bonchev–Trinajstić information content (AvgIpc) is 2.82. The quantitative estimate of drug-likeness (QED) is 0.819. The summed E-state index contributed by atoms with van der Waals surface area (Å²) in [6.45, 7) is 0.124. The molecule has 0 saturated carbocycles. The van der Waals surface area contributed by atoms with Gasteiger partial charge < -0.3 is 5.11 Å². The monoisotopic (exact) mass is 250 g/mol. The van der Waals surface area contributed by atoms with Crippen LogP contribution in [0.2, 0.25) is 0 Å². The van der Waals surface area contributed by atoms with E-state index in [9.17, 15) is 0 Å². The third-order valence-electron chi connectivity index (χ3n) is 2.28. The zero-order valence-electron chi connectivity index (χ0n) is 8.93. The topological polar surface area (TPSA) is 20.2 Å². The zero-order valence-corrected chi connectivity index (χ0v) is 10.6. The van der Waals surface area contributed by atoms with Crippen LogP contribution in [0.1, 0.15) is 10.4 Å². The van der Waals surface area contributed by atoms with E-state index in [1.807, 2.05) is 35.2 Å². The van der Waals surface area contributed by atoms with Gasteiger partial charge in [0.1, 0.15) is 0 Å². The van der Waals surface area contributed by atoms with Gasteiger partial charge in [-0.3, -0.25) is 0 Å². The van der Waals surface area contributed by atoms with Gasteiger partial charge in [0.25, 0.3) is 0 Å². The van der Waals surface area contributed by atoms with Crippen molar-refractivity contribution < 1.29 is 5.11 Å². The Hall–Kier alpha value is -0.770. The fraction of sp³-hybridized carbons (Fsp3) is 0.231. The number of aliphatic hydroxyl groups is 1. The summed E-state index contributed by atoms with van der Waals surface area (Å²) >= 11 is 3.66. The van der Waals surface area contributed by atoms with Crippen molar-refractivity contribution in [3.63, 3.8) is 0 Å². The Bertz CT molecular complexity index is 423. The predicted octanol–water partition coefficient (Wildman–Crippen LogP) is 3.58. The van der Waals surface area contributed by atoms with Crippen LogP contribution in [0.15, 0.2) is 46.7 Å². The van der Waals surface area contributed by atoms with E-state index in [-0.39, 0.29) is 6.61 Å². The van der Waals surface area contributed by atoms with Crippen LogP contribution in [-0.4, -0.2) is 10.9 Å². The Kier molecular flexibility index (Phi) is 4.45. The molecular weight excluding hydrogens is 236 g/mol. The van der Waals surface area contributed by atoms with E-state index >= 15 is 0 Å². The number of benzene rings is 1. The Balaban J connectivity index is 1.85. The van der Waals surface area contributed by atoms with Crippen molar-refractivity contribution >= 4 is 23.1 Å². The van der Waals surface area contributed by atoms with E-state index in [1.54, 1.807) is 0 Å². The summed E-state index contributed by atoms with van der Waals surface area (Å²) in [5.41, 5.74) is 0.987. The average molecular weight is 250 g/mol. The number of aliphatic hydroxyl groups excluding tert-OH is 1. The molecule has 0 amide bonds. The second-order valence-electron chi connectivity index (χ2n) is 3.48. The molecule has 1 aromatic heterocycles. The molecular formula is C13H14OS2. The molecule has 16 heavy (non-hydrogen) atoms. The highest BCUT2D eigenvalue weighted by Gasteiger charge is 1.98. The predicted molar refractivity (Wildman–Crippen MR) is 71.1 cm³/mol. The molecule has 2 aromatic rings. The minimum absolute atomic E-state index is 0.124. The number of aryl methyl sites for hydroxylation is 1. The number of rotatable bonds is 5. The van der Waals surface area contributed by atoms with E-state index in [2.05, 4.69) is 29.6 Å². The minimum atomic E-state index is 0.124. The fourth-order valence-electron chi connectivity index (χ4n) is 1.46. The minimum Gasteiger partial charge on any atom is -0.392 e. The lowest BCUT2D eigenvalue weighted by molar-refractivity contribution is 0.281. The summed E-state index contributed by atoms with van der Waals surface area (Å²) in [7, 11) is 0. The third-order valence-corrected chi connectivity index (χ3v) is 4.21. The van der Waals surface area contributed by atoms with Gasteiger partial charge in [0, 0.05) is 15.5 Å². The number of hydrogen-bond acceptors (Lipinski definition) is 3. The molecule has 2 rings (SSSR count). The molecule has 0 unspecified atom stereocenters. The van der Waals surface area contributed by atoms with Crippen molar-refractivity contribution in [2.24, 2.45) is 0 Å². The van der Waals surface area contributed by atoms with Crippen molar-refractivity contribution in [3.8, 4) is 0 Å². The molecule has 1 aromatic carbocycles. The lowest BCUT2D eigenvalue weighted by Crippen LogP contribution is -1.86. The highest BCUT2D eigenvalue weighted by molar-refractivity contribution is 7.99. The smallest absolute Gasteiger partial charge is 0.0682 e. The van der Waals surface area contributed by atoms with Gasteiger partial charge in [-0.1, -0.05) is 18.2 Å². The van der Waals surface area contributed by atoms with Crippen LogP contribution in [0.25, 0.3) is 0 Å². The second-order valence-corrected chi connectivity index (χ2v) is 5.68. The summed E-state index contributed by atoms with van der Waals surface area (Å²) in [6.07, 6.45) is 1.12. The molecule has 84 valence electrons. The molecule has 0 aliphatic carbocycles. The number of thiophene rings is 1. The Labute approximate surface area is 104 Å². The van der Waals surface area contributed by atoms with Crippen molar-refractivity contribution in [1.82, 2.24) is 0 Å². The highest BCUT2D eigenvalue weighted by Crippen LogP contribution is 2.21. The van der Waals surface area contributed by atoms with Gasteiger partial charge in [0.15, 0.2) is 0 Å². The molecule has 1 heterocycles. The maximum Gasteiger partial charge on any atom is 0.0682 e. The summed E-state index contributed by atoms with van der Waals surface area (Å²) in [5, 5.41) is 11.1. The molecule has 0 aliphatic heterocycles. The van der Waals surface area contributed by atoms with Gasteiger partial charge >= 0.3 is 0 Å². The van der Waals surface area contributed by atoms with E-state index in [0.717, 1.165) is 17.7 Å². The van der Waals surface area contributed by atoms with Gasteiger partial charge in [0.05, 0.1) is 6.61 Å². The van der Waals surface area contributed by atoms with Gasteiger partial charge in [-0.05, 0) is 35.6 Å². The number of hydrogen-bond donors (Lipinski definition) is 1. The summed E-state index contributed by atoms with van der Waals surface area (Å²) < 4.78 is 0. The third kappa shape index (κ3) is 3.37. The van der Waals surface area contributed by atoms with E-state index in [4.69, 9.17) is 5.11 Å². The standard InChI is InChI=1S/C13H14OS2/c14-10-11-3-1-4-13(9-11)16-8-6-12-5-2-7-15-12/h1-5,7,9,14H,6,8,10H2. The maximum absolute atomic E-state index is 9.03. The summed E-state index contributed by atoms with van der Waals surface area (Å²) in [6, 6.07) is 12.4. The SMILES string of the molecule is OCc1cccc(SCCc2cccs2)c1. The maximum atomic E-state index is 9.03. The lowest BCUT2D eigenvalue weighted by Gasteiger charge is -2.02. The van der Waals surface area contributed by atoms with E-state index < -0.39 is 0 Å². The first kappa shape index (κ1) is 11.7. The molecule has 0 saturated heterocycles. The second kappa shape index (κ2) is 6.09. The molecule has 0 bridgehead atoms. The number of thioether (sulfide) groups is 1. The van der Waals surface area contributed by atoms with Crippen LogP contribution in [0, 0.1) is 0 Å². The summed E-state index contributed by atoms with van der Waals surface area (Å²) in [5.74, 6) is 1.09. The van der Waals surface area contributed by atoms with Gasteiger partial charge in [-0.15, -0.1) is 23.1 Å². The molecule has 0 aliphatic rings. The van der Waals surface area contributed by atoms with Gasteiger partial charge in [-0.2, -0.15) is 0 Å². The largest absolute Gasteiger partial charge is 0.392 e. The first-order chi connectivity index (χ1) is 7.88. The van der Waals surface area contributed by atoms with Crippen LogP contribution in [-0.2, 0) is 13.0 Å². The van der Waals surface area contributed by atoms with Crippen molar-refractivity contribution in [2.75, 3.05) is 5.75 Å². The zero-order chi connectivity index (χ0) is 11.2. The lowest BCUT2D eigenvalue weighted by atomic mass is 10.2. The first-order valence-corrected chi connectivity index (χ1v) is 7.10. The Morgan fingerprint density at radius 2 is 2.12 bits per heavy atom. The van der Waals surface area contributed by atoms with E-state index in [0.29, 0.717) is 0 Å². The van der Waals surface area contributed by atoms with Crippen LogP contribution in [0.3, 0.4) is 0 Å². The van der Waals surface area contributed by atoms with Gasteiger partial charge in [0.2, 0.25) is 0 Å². The Morgan fingerprint density at radius 1 is 1.19 bits per heavy atom. The van der Waals surface area contributed by atoms with Crippen LogP contribution in [0.4, 0.5) is 0 Å². The van der Waals surface area contributed by atoms with E-state index in [1.165, 1.54) is 9.77 Å². The molecule has 0 fully saturated rings. The van der Waals surface area contributed by atoms with Crippen molar-refractivity contribution in [2.45, 2.75) is 17.9 Å². The fourth-order valence-corrected chi connectivity index (χ4v) is 3.26. The van der Waals surface area contributed by atoms with Crippen LogP contribution in [0.5, 0.6) is 0 Å². The normalized spacial score (nSPS) is 10.6. The molecule has 0 radical (unpaired) electrons. The summed E-state index contributed by atoms with van der Waals surface area (Å²) in [4.78, 5) is 2.67. The van der Waals surface area contributed by atoms with Gasteiger partial charge in [-0.25, -0.2) is 0 Å². The van der Waals surface area contributed by atoms with Crippen LogP contribution < -0.4 is 0 Å².